The minimum absolute atomic E-state index is 0.163. The number of halogens is 2. The van der Waals surface area contributed by atoms with Crippen molar-refractivity contribution in [2.45, 2.75) is 51.0 Å². The summed E-state index contributed by atoms with van der Waals surface area (Å²) in [6, 6.07) is 6.02. The molecule has 29 heavy (non-hydrogen) atoms. The smallest absolute Gasteiger partial charge is 0.444 e. The molecule has 1 aromatic carbocycles. The van der Waals surface area contributed by atoms with Crippen LogP contribution in [0, 0.1) is 11.3 Å². The number of amides is 2. The molecule has 3 rings (SSSR count). The molecule has 0 spiro atoms. The predicted octanol–water partition coefficient (Wildman–Crippen LogP) is 3.03. The number of piperidine rings is 1. The lowest BCUT2D eigenvalue weighted by Gasteiger charge is -2.38. The van der Waals surface area contributed by atoms with Crippen molar-refractivity contribution in [1.29, 1.82) is 5.26 Å². The lowest BCUT2D eigenvalue weighted by Crippen LogP contribution is -2.55. The molecule has 1 N–H and O–H groups in total. The lowest BCUT2D eigenvalue weighted by molar-refractivity contribution is -0.286. The van der Waals surface area contributed by atoms with Gasteiger partial charge in [-0.2, -0.15) is 5.26 Å². The maximum atomic E-state index is 13.3. The van der Waals surface area contributed by atoms with Gasteiger partial charge in [-0.3, -0.25) is 4.79 Å². The third-order valence-corrected chi connectivity index (χ3v) is 4.51. The van der Waals surface area contributed by atoms with Crippen LogP contribution in [-0.2, 0) is 4.74 Å². The Kier molecular flexibility index (Phi) is 5.03. The molecule has 8 nitrogen and oxygen atoms in total. The molecule has 2 aliphatic rings. The SMILES string of the molecule is CC(C)(C)OC(=O)N1CCC(C#N)(NC(=O)c2cccc3c2OC(F)(F)O3)CC1. The Bertz CT molecular complexity index is 868. The first-order valence-corrected chi connectivity index (χ1v) is 9.04. The van der Waals surface area contributed by atoms with E-state index in [0.717, 1.165) is 0 Å². The molecule has 0 unspecified atom stereocenters. The van der Waals surface area contributed by atoms with Crippen LogP contribution in [0.1, 0.15) is 44.0 Å². The van der Waals surface area contributed by atoms with Crippen LogP contribution in [0.25, 0.3) is 0 Å². The van der Waals surface area contributed by atoms with Crippen molar-refractivity contribution < 1.29 is 32.6 Å². The monoisotopic (exact) mass is 409 g/mol. The Morgan fingerprint density at radius 1 is 1.24 bits per heavy atom. The molecular weight excluding hydrogens is 388 g/mol. The zero-order chi connectivity index (χ0) is 21.4. The minimum Gasteiger partial charge on any atom is -0.444 e. The summed E-state index contributed by atoms with van der Waals surface area (Å²) in [7, 11) is 0. The zero-order valence-corrected chi connectivity index (χ0v) is 16.3. The third kappa shape index (κ3) is 4.50. The van der Waals surface area contributed by atoms with E-state index in [2.05, 4.69) is 20.9 Å². The predicted molar refractivity (Wildman–Crippen MR) is 95.5 cm³/mol. The highest BCUT2D eigenvalue weighted by Crippen LogP contribution is 2.43. The standard InChI is InChI=1S/C19H21F2N3O5/c1-17(2,3)29-16(26)24-9-7-18(11-22,8-10-24)23-15(25)12-5-4-6-13-14(12)28-19(20,21)27-13/h4-6H,7-10H2,1-3H3,(H,23,25). The second-order valence-corrected chi connectivity index (χ2v) is 7.92. The number of hydrogen-bond acceptors (Lipinski definition) is 6. The summed E-state index contributed by atoms with van der Waals surface area (Å²) in [5.74, 6) is -1.38. The summed E-state index contributed by atoms with van der Waals surface area (Å²) < 4.78 is 40.8. The number of para-hydroxylation sites is 1. The number of alkyl halides is 2. The van der Waals surface area contributed by atoms with Crippen LogP contribution in [0.5, 0.6) is 11.5 Å². The molecule has 0 aromatic heterocycles. The molecular formula is C19H21F2N3O5. The van der Waals surface area contributed by atoms with E-state index in [1.807, 2.05) is 0 Å². The van der Waals surface area contributed by atoms with Crippen LogP contribution in [-0.4, -0.2) is 47.4 Å². The van der Waals surface area contributed by atoms with Gasteiger partial charge in [0, 0.05) is 25.9 Å². The van der Waals surface area contributed by atoms with Crippen molar-refractivity contribution >= 4 is 12.0 Å². The number of nitriles is 1. The zero-order valence-electron chi connectivity index (χ0n) is 16.3. The highest BCUT2D eigenvalue weighted by atomic mass is 19.3. The van der Waals surface area contributed by atoms with Crippen molar-refractivity contribution in [2.75, 3.05) is 13.1 Å². The van der Waals surface area contributed by atoms with E-state index in [1.54, 1.807) is 20.8 Å². The van der Waals surface area contributed by atoms with Gasteiger partial charge in [0.1, 0.15) is 11.1 Å². The number of likely N-dealkylation sites (tertiary alicyclic amines) is 1. The van der Waals surface area contributed by atoms with Gasteiger partial charge in [-0.25, -0.2) is 4.79 Å². The van der Waals surface area contributed by atoms with Crippen molar-refractivity contribution in [3.05, 3.63) is 23.8 Å². The van der Waals surface area contributed by atoms with Gasteiger partial charge in [-0.1, -0.05) is 6.07 Å². The van der Waals surface area contributed by atoms with E-state index >= 15 is 0 Å². The molecule has 10 heteroatoms. The number of fused-ring (bicyclic) bond motifs is 1. The number of hydrogen-bond donors (Lipinski definition) is 1. The summed E-state index contributed by atoms with van der Waals surface area (Å²) in [6.45, 7) is 5.66. The molecule has 0 atom stereocenters. The van der Waals surface area contributed by atoms with Crippen LogP contribution >= 0.6 is 0 Å². The average Bonchev–Trinajstić information content (AvgIpc) is 2.94. The van der Waals surface area contributed by atoms with Gasteiger partial charge < -0.3 is 24.4 Å². The van der Waals surface area contributed by atoms with Crippen molar-refractivity contribution in [2.24, 2.45) is 0 Å². The van der Waals surface area contributed by atoms with Gasteiger partial charge in [0.25, 0.3) is 5.91 Å². The number of nitrogens with one attached hydrogen (secondary N) is 1. The highest BCUT2D eigenvalue weighted by Gasteiger charge is 2.46. The van der Waals surface area contributed by atoms with E-state index in [0.29, 0.717) is 0 Å². The van der Waals surface area contributed by atoms with Crippen molar-refractivity contribution in [3.63, 3.8) is 0 Å². The number of nitrogens with zero attached hydrogens (tertiary/aromatic N) is 2. The van der Waals surface area contributed by atoms with Gasteiger partial charge in [-0.05, 0) is 32.9 Å². The second kappa shape index (κ2) is 7.06. The van der Waals surface area contributed by atoms with Crippen LogP contribution in [0.4, 0.5) is 13.6 Å². The summed E-state index contributed by atoms with van der Waals surface area (Å²) >= 11 is 0. The molecule has 0 aliphatic carbocycles. The molecule has 1 saturated heterocycles. The fraction of sp³-hybridized carbons (Fsp3) is 0.526. The molecule has 0 radical (unpaired) electrons. The summed E-state index contributed by atoms with van der Waals surface area (Å²) in [6.07, 6.45) is -4.03. The average molecular weight is 409 g/mol. The van der Waals surface area contributed by atoms with Crippen LogP contribution < -0.4 is 14.8 Å². The summed E-state index contributed by atoms with van der Waals surface area (Å²) in [5, 5.41) is 12.3. The van der Waals surface area contributed by atoms with Gasteiger partial charge >= 0.3 is 12.4 Å². The number of rotatable bonds is 2. The number of carbonyl (C=O) groups excluding carboxylic acids is 2. The number of ether oxygens (including phenoxy) is 3. The molecule has 0 bridgehead atoms. The second-order valence-electron chi connectivity index (χ2n) is 7.92. The van der Waals surface area contributed by atoms with Gasteiger partial charge in [-0.15, -0.1) is 8.78 Å². The summed E-state index contributed by atoms with van der Waals surface area (Å²) in [4.78, 5) is 26.3. The molecule has 1 aromatic rings. The van der Waals surface area contributed by atoms with Gasteiger partial charge in [0.05, 0.1) is 11.6 Å². The quantitative estimate of drug-likeness (QED) is 0.806. The number of benzene rings is 1. The Labute approximate surface area is 166 Å². The first-order valence-electron chi connectivity index (χ1n) is 9.04. The molecule has 156 valence electrons. The van der Waals surface area contributed by atoms with E-state index < -0.39 is 29.4 Å². The van der Waals surface area contributed by atoms with E-state index in [-0.39, 0.29) is 43.0 Å². The Balaban J connectivity index is 1.69. The van der Waals surface area contributed by atoms with Crippen molar-refractivity contribution in [3.8, 4) is 17.6 Å². The molecule has 2 amide bonds. The molecule has 2 heterocycles. The normalized spacial score (nSPS) is 19.2. The maximum absolute atomic E-state index is 13.3. The van der Waals surface area contributed by atoms with Crippen LogP contribution in [0.15, 0.2) is 18.2 Å². The van der Waals surface area contributed by atoms with E-state index in [1.165, 1.54) is 23.1 Å². The van der Waals surface area contributed by atoms with E-state index in [4.69, 9.17) is 4.74 Å². The molecule has 1 fully saturated rings. The Morgan fingerprint density at radius 2 is 1.90 bits per heavy atom. The maximum Gasteiger partial charge on any atom is 0.586 e. The molecule has 2 aliphatic heterocycles. The van der Waals surface area contributed by atoms with Crippen LogP contribution in [0.2, 0.25) is 0 Å². The van der Waals surface area contributed by atoms with Crippen molar-refractivity contribution in [1.82, 2.24) is 10.2 Å². The van der Waals surface area contributed by atoms with Gasteiger partial charge in [0.2, 0.25) is 0 Å². The topological polar surface area (TPSA) is 101 Å². The first-order chi connectivity index (χ1) is 13.4. The highest BCUT2D eigenvalue weighted by molar-refractivity contribution is 5.98. The Hall–Kier alpha value is -3.09. The number of carbonyl (C=O) groups is 2. The fourth-order valence-corrected chi connectivity index (χ4v) is 3.09. The third-order valence-electron chi connectivity index (χ3n) is 4.51. The lowest BCUT2D eigenvalue weighted by atomic mass is 9.88. The largest absolute Gasteiger partial charge is 0.586 e. The Morgan fingerprint density at radius 3 is 2.48 bits per heavy atom. The first kappa shape index (κ1) is 20.6. The van der Waals surface area contributed by atoms with Crippen LogP contribution in [0.3, 0.4) is 0 Å². The van der Waals surface area contributed by atoms with Gasteiger partial charge in [0.15, 0.2) is 11.5 Å². The van der Waals surface area contributed by atoms with E-state index in [9.17, 15) is 23.6 Å². The fourth-order valence-electron chi connectivity index (χ4n) is 3.09. The minimum atomic E-state index is -3.86. The summed E-state index contributed by atoms with van der Waals surface area (Å²) in [5.41, 5.74) is -2.06. The molecule has 0 saturated carbocycles.